The molecule has 33 heavy (non-hydrogen) atoms. The number of benzene rings is 3. The number of ether oxygens (including phenoxy) is 1. The van der Waals surface area contributed by atoms with Crippen molar-refractivity contribution in [3.63, 3.8) is 0 Å². The standard InChI is InChI=1S/C23H20Cl3N3O3S/c1-32-20(31)17-11-4-5-12-18(17)27-22(33)29-21(23(24,25)26)28-19(30)13-15-9-6-8-14-7-2-3-10-16(14)15/h2-12,21H,13H2,1H3,(H,28,30)(H2,27,29,33)/t21-/m1/s1. The van der Waals surface area contributed by atoms with E-state index in [0.717, 1.165) is 16.3 Å². The second-order valence-electron chi connectivity index (χ2n) is 6.99. The lowest BCUT2D eigenvalue weighted by molar-refractivity contribution is -0.121. The maximum Gasteiger partial charge on any atom is 0.339 e. The highest BCUT2D eigenvalue weighted by molar-refractivity contribution is 7.80. The zero-order chi connectivity index (χ0) is 24.0. The molecule has 172 valence electrons. The lowest BCUT2D eigenvalue weighted by atomic mass is 10.0. The number of carbonyl (C=O) groups excluding carboxylic acids is 2. The Labute approximate surface area is 211 Å². The minimum absolute atomic E-state index is 0.0353. The van der Waals surface area contributed by atoms with Gasteiger partial charge in [-0.15, -0.1) is 0 Å². The first kappa shape index (κ1) is 25.1. The van der Waals surface area contributed by atoms with Gasteiger partial charge in [-0.2, -0.15) is 0 Å². The predicted octanol–water partition coefficient (Wildman–Crippen LogP) is 4.97. The molecule has 0 saturated heterocycles. The number of amides is 1. The number of methoxy groups -OCH3 is 1. The number of alkyl halides is 3. The number of esters is 1. The molecule has 0 aromatic heterocycles. The number of nitrogens with one attached hydrogen (secondary N) is 3. The van der Waals surface area contributed by atoms with Crippen LogP contribution >= 0.6 is 47.0 Å². The first-order valence-electron chi connectivity index (χ1n) is 9.76. The minimum Gasteiger partial charge on any atom is -0.465 e. The highest BCUT2D eigenvalue weighted by Gasteiger charge is 2.34. The van der Waals surface area contributed by atoms with Crippen LogP contribution in [0.15, 0.2) is 66.7 Å². The molecule has 10 heteroatoms. The summed E-state index contributed by atoms with van der Waals surface area (Å²) in [7, 11) is 1.28. The third-order valence-corrected chi connectivity index (χ3v) is 5.59. The van der Waals surface area contributed by atoms with Gasteiger partial charge in [0.2, 0.25) is 9.70 Å². The number of hydrogen-bond donors (Lipinski definition) is 3. The second kappa shape index (κ2) is 11.0. The van der Waals surface area contributed by atoms with Crippen LogP contribution in [0.1, 0.15) is 15.9 Å². The molecule has 1 amide bonds. The lowest BCUT2D eigenvalue weighted by Gasteiger charge is -2.28. The van der Waals surface area contributed by atoms with Crippen LogP contribution in [0.2, 0.25) is 0 Å². The number of thiocarbonyl (C=S) groups is 1. The van der Waals surface area contributed by atoms with E-state index in [4.69, 9.17) is 51.8 Å². The van der Waals surface area contributed by atoms with Gasteiger partial charge in [-0.3, -0.25) is 4.79 Å². The van der Waals surface area contributed by atoms with Crippen molar-refractivity contribution in [2.45, 2.75) is 16.4 Å². The summed E-state index contributed by atoms with van der Waals surface area (Å²) < 4.78 is 2.86. The third-order valence-electron chi connectivity index (χ3n) is 4.72. The average molecular weight is 525 g/mol. The van der Waals surface area contributed by atoms with Gasteiger partial charge in [-0.05, 0) is 40.7 Å². The molecule has 0 aliphatic carbocycles. The van der Waals surface area contributed by atoms with Gasteiger partial charge in [0, 0.05) is 0 Å². The Kier molecular flexibility index (Phi) is 8.37. The maximum atomic E-state index is 12.8. The van der Waals surface area contributed by atoms with Crippen molar-refractivity contribution in [2.24, 2.45) is 0 Å². The van der Waals surface area contributed by atoms with Crippen LogP contribution < -0.4 is 16.0 Å². The van der Waals surface area contributed by atoms with Crippen LogP contribution in [0.4, 0.5) is 5.69 Å². The first-order chi connectivity index (χ1) is 15.7. The Morgan fingerprint density at radius 2 is 1.64 bits per heavy atom. The molecule has 0 saturated carbocycles. The highest BCUT2D eigenvalue weighted by Crippen LogP contribution is 2.29. The predicted molar refractivity (Wildman–Crippen MR) is 137 cm³/mol. The van der Waals surface area contributed by atoms with Gasteiger partial charge in [-0.1, -0.05) is 89.4 Å². The van der Waals surface area contributed by atoms with Crippen molar-refractivity contribution in [3.8, 4) is 0 Å². The first-order valence-corrected chi connectivity index (χ1v) is 11.3. The Balaban J connectivity index is 1.71. The number of carbonyl (C=O) groups is 2. The maximum absolute atomic E-state index is 12.8. The van der Waals surface area contributed by atoms with Crippen LogP contribution in [-0.4, -0.2) is 34.1 Å². The fraction of sp³-hybridized carbons (Fsp3) is 0.174. The van der Waals surface area contributed by atoms with E-state index in [9.17, 15) is 9.59 Å². The van der Waals surface area contributed by atoms with Gasteiger partial charge in [0.15, 0.2) is 5.11 Å². The third kappa shape index (κ3) is 6.71. The molecule has 1 atom stereocenters. The molecule has 3 N–H and O–H groups in total. The van der Waals surface area contributed by atoms with Crippen molar-refractivity contribution in [2.75, 3.05) is 12.4 Å². The summed E-state index contributed by atoms with van der Waals surface area (Å²) in [6.45, 7) is 0. The van der Waals surface area contributed by atoms with E-state index in [0.29, 0.717) is 5.69 Å². The average Bonchev–Trinajstić information content (AvgIpc) is 2.78. The summed E-state index contributed by atoms with van der Waals surface area (Å²) >= 11 is 23.6. The molecule has 0 bridgehead atoms. The number of para-hydroxylation sites is 1. The molecule has 6 nitrogen and oxygen atoms in total. The van der Waals surface area contributed by atoms with Crippen molar-refractivity contribution < 1.29 is 14.3 Å². The molecule has 0 fully saturated rings. The number of rotatable bonds is 6. The van der Waals surface area contributed by atoms with Gasteiger partial charge in [0.05, 0.1) is 24.8 Å². The van der Waals surface area contributed by atoms with E-state index in [1.54, 1.807) is 24.3 Å². The number of fused-ring (bicyclic) bond motifs is 1. The van der Waals surface area contributed by atoms with E-state index in [2.05, 4.69) is 16.0 Å². The van der Waals surface area contributed by atoms with E-state index in [-0.39, 0.29) is 23.0 Å². The number of anilines is 1. The molecule has 3 rings (SSSR count). The van der Waals surface area contributed by atoms with E-state index in [1.165, 1.54) is 7.11 Å². The van der Waals surface area contributed by atoms with Crippen LogP contribution in [0.5, 0.6) is 0 Å². The molecule has 0 radical (unpaired) electrons. The SMILES string of the molecule is COC(=O)c1ccccc1NC(=S)N[C@@H](NC(=O)Cc1cccc2ccccc12)C(Cl)(Cl)Cl. The van der Waals surface area contributed by atoms with Crippen LogP contribution in [0, 0.1) is 0 Å². The van der Waals surface area contributed by atoms with Gasteiger partial charge < -0.3 is 20.7 Å². The zero-order valence-corrected chi connectivity index (χ0v) is 20.5. The van der Waals surface area contributed by atoms with Crippen molar-refractivity contribution >= 4 is 80.5 Å². The van der Waals surface area contributed by atoms with Crippen molar-refractivity contribution in [3.05, 3.63) is 77.9 Å². The molecular weight excluding hydrogens is 505 g/mol. The second-order valence-corrected chi connectivity index (χ2v) is 9.77. The Bertz CT molecular complexity index is 1180. The molecule has 0 unspecified atom stereocenters. The Hall–Kier alpha value is -2.58. The van der Waals surface area contributed by atoms with Crippen LogP contribution in [0.3, 0.4) is 0 Å². The molecule has 0 aliphatic heterocycles. The van der Waals surface area contributed by atoms with Gasteiger partial charge in [-0.25, -0.2) is 4.79 Å². The summed E-state index contributed by atoms with van der Waals surface area (Å²) in [5.41, 5.74) is 1.50. The van der Waals surface area contributed by atoms with Gasteiger partial charge in [0.1, 0.15) is 6.17 Å². The van der Waals surface area contributed by atoms with Crippen molar-refractivity contribution in [1.29, 1.82) is 0 Å². The van der Waals surface area contributed by atoms with Gasteiger partial charge in [0.25, 0.3) is 0 Å². The molecule has 3 aromatic rings. The normalized spacial score (nSPS) is 12.0. The summed E-state index contributed by atoms with van der Waals surface area (Å²) in [4.78, 5) is 24.7. The van der Waals surface area contributed by atoms with E-state index >= 15 is 0 Å². The Morgan fingerprint density at radius 3 is 2.36 bits per heavy atom. The summed E-state index contributed by atoms with van der Waals surface area (Å²) in [5.74, 6) is -0.907. The minimum atomic E-state index is -1.91. The van der Waals surface area contributed by atoms with E-state index in [1.807, 2.05) is 42.5 Å². The Morgan fingerprint density at radius 1 is 0.970 bits per heavy atom. The van der Waals surface area contributed by atoms with E-state index < -0.39 is 15.9 Å². The fourth-order valence-electron chi connectivity index (χ4n) is 3.20. The fourth-order valence-corrected chi connectivity index (χ4v) is 3.76. The quantitative estimate of drug-likeness (QED) is 0.183. The lowest BCUT2D eigenvalue weighted by Crippen LogP contribution is -2.56. The molecule has 0 spiro atoms. The molecule has 0 heterocycles. The zero-order valence-electron chi connectivity index (χ0n) is 17.4. The number of hydrogen-bond acceptors (Lipinski definition) is 4. The topological polar surface area (TPSA) is 79.5 Å². The van der Waals surface area contributed by atoms with Gasteiger partial charge >= 0.3 is 5.97 Å². The summed E-state index contributed by atoms with van der Waals surface area (Å²) in [6.07, 6.45) is -1.07. The number of halogens is 3. The molecule has 0 aliphatic rings. The summed E-state index contributed by atoms with van der Waals surface area (Å²) in [6, 6.07) is 20.1. The van der Waals surface area contributed by atoms with Crippen LogP contribution in [0.25, 0.3) is 10.8 Å². The van der Waals surface area contributed by atoms with Crippen molar-refractivity contribution in [1.82, 2.24) is 10.6 Å². The largest absolute Gasteiger partial charge is 0.465 e. The van der Waals surface area contributed by atoms with Crippen LogP contribution in [-0.2, 0) is 16.0 Å². The smallest absolute Gasteiger partial charge is 0.339 e. The molecular formula is C23H20Cl3N3O3S. The monoisotopic (exact) mass is 523 g/mol. The molecule has 3 aromatic carbocycles. The highest BCUT2D eigenvalue weighted by atomic mass is 35.6. The summed E-state index contributed by atoms with van der Waals surface area (Å²) in [5, 5.41) is 10.3.